The van der Waals surface area contributed by atoms with Crippen molar-refractivity contribution in [1.82, 2.24) is 0 Å². The van der Waals surface area contributed by atoms with E-state index in [1.54, 1.807) is 19.1 Å². The summed E-state index contributed by atoms with van der Waals surface area (Å²) in [5.41, 5.74) is -1.55. The minimum Gasteiger partial charge on any atom is -0.507 e. The van der Waals surface area contributed by atoms with Gasteiger partial charge in [0.2, 0.25) is 5.78 Å². The van der Waals surface area contributed by atoms with Crippen LogP contribution in [0.5, 0.6) is 17.2 Å². The van der Waals surface area contributed by atoms with E-state index in [-0.39, 0.29) is 52.0 Å². The molecule has 3 aliphatic rings. The normalized spacial score (nSPS) is 28.7. The first-order valence-corrected chi connectivity index (χ1v) is 9.50. The van der Waals surface area contributed by atoms with Gasteiger partial charge in [0.25, 0.3) is 0 Å². The van der Waals surface area contributed by atoms with Crippen molar-refractivity contribution in [2.75, 3.05) is 14.2 Å². The summed E-state index contributed by atoms with van der Waals surface area (Å²) < 4.78 is 16.5. The van der Waals surface area contributed by atoms with Gasteiger partial charge in [-0.15, -0.1) is 0 Å². The lowest BCUT2D eigenvalue weighted by Crippen LogP contribution is -2.51. The fourth-order valence-corrected chi connectivity index (χ4v) is 4.98. The molecule has 0 spiro atoms. The Kier molecular flexibility index (Phi) is 3.69. The number of phenolic OH excluding ortho intramolecular Hbond substituents is 2. The topological polar surface area (TPSA) is 123 Å². The SMILES string of the molecule is COc1cccc2c1C(=O)c1c(O)c3c(c(O)c1C2=O)C[C@@]1(O)C[C@H]3O[C@@]1(C)OC. The number of carbonyl (C=O) groups excluding carboxylic acids is 2. The zero-order valence-electron chi connectivity index (χ0n) is 16.6. The molecular formula is C22H20O8. The van der Waals surface area contributed by atoms with Gasteiger partial charge in [-0.1, -0.05) is 12.1 Å². The lowest BCUT2D eigenvalue weighted by Gasteiger charge is -2.37. The van der Waals surface area contributed by atoms with Gasteiger partial charge in [-0.05, 0) is 13.0 Å². The summed E-state index contributed by atoms with van der Waals surface area (Å²) in [6.45, 7) is 1.57. The van der Waals surface area contributed by atoms with E-state index in [1.165, 1.54) is 20.3 Å². The van der Waals surface area contributed by atoms with Crippen LogP contribution < -0.4 is 4.74 Å². The lowest BCUT2D eigenvalue weighted by molar-refractivity contribution is -0.264. The van der Waals surface area contributed by atoms with Gasteiger partial charge in [-0.3, -0.25) is 9.59 Å². The zero-order valence-corrected chi connectivity index (χ0v) is 16.6. The van der Waals surface area contributed by atoms with Crippen LogP contribution in [-0.4, -0.2) is 52.5 Å². The number of phenols is 2. The predicted molar refractivity (Wildman–Crippen MR) is 102 cm³/mol. The molecule has 0 radical (unpaired) electrons. The third-order valence-corrected chi connectivity index (χ3v) is 6.68. The van der Waals surface area contributed by atoms with Gasteiger partial charge in [-0.25, -0.2) is 0 Å². The predicted octanol–water partition coefficient (Wildman–Crippen LogP) is 1.99. The first-order chi connectivity index (χ1) is 14.2. The molecule has 1 heterocycles. The van der Waals surface area contributed by atoms with Crippen molar-refractivity contribution in [2.24, 2.45) is 0 Å². The summed E-state index contributed by atoms with van der Waals surface area (Å²) in [5, 5.41) is 33.3. The maximum atomic E-state index is 13.3. The summed E-state index contributed by atoms with van der Waals surface area (Å²) in [5.74, 6) is -3.27. The number of hydrogen-bond donors (Lipinski definition) is 3. The first kappa shape index (κ1) is 19.0. The fourth-order valence-electron chi connectivity index (χ4n) is 4.98. The Morgan fingerprint density at radius 1 is 1.07 bits per heavy atom. The lowest BCUT2D eigenvalue weighted by atomic mass is 9.73. The molecule has 2 aromatic rings. The average Bonchev–Trinajstić information content (AvgIpc) is 2.93. The number of carbonyl (C=O) groups is 2. The smallest absolute Gasteiger partial charge is 0.202 e. The highest BCUT2D eigenvalue weighted by atomic mass is 16.7. The van der Waals surface area contributed by atoms with E-state index in [0.717, 1.165) is 0 Å². The van der Waals surface area contributed by atoms with Crippen molar-refractivity contribution in [3.05, 3.63) is 51.6 Å². The standard InChI is InChI=1S/C22H20O8/c1-21(29-3)22(27)7-10-14(12(8-22)30-21)20(26)16-15(18(10)24)17(23)9-5-4-6-11(28-2)13(9)19(16)25/h4-6,12,24,26-27H,7-8H2,1-3H3/t12-,21-,22-/m1/s1. The van der Waals surface area contributed by atoms with Gasteiger partial charge in [0.15, 0.2) is 11.6 Å². The molecule has 1 aliphatic heterocycles. The van der Waals surface area contributed by atoms with Gasteiger partial charge in [-0.2, -0.15) is 0 Å². The molecule has 0 aromatic heterocycles. The van der Waals surface area contributed by atoms with E-state index in [1.807, 2.05) is 0 Å². The molecule has 2 aliphatic carbocycles. The number of rotatable bonds is 2. The van der Waals surface area contributed by atoms with Gasteiger partial charge < -0.3 is 29.5 Å². The molecule has 2 aromatic carbocycles. The van der Waals surface area contributed by atoms with Crippen LogP contribution in [0.4, 0.5) is 0 Å². The molecule has 1 saturated heterocycles. The van der Waals surface area contributed by atoms with Crippen molar-refractivity contribution < 1.29 is 39.1 Å². The van der Waals surface area contributed by atoms with Crippen LogP contribution in [-0.2, 0) is 15.9 Å². The molecule has 156 valence electrons. The Bertz CT molecular complexity index is 1150. The second kappa shape index (κ2) is 5.81. The minimum atomic E-state index is -1.47. The second-order valence-corrected chi connectivity index (χ2v) is 8.05. The van der Waals surface area contributed by atoms with Crippen LogP contribution in [0.15, 0.2) is 18.2 Å². The molecule has 1 fully saturated rings. The molecule has 30 heavy (non-hydrogen) atoms. The maximum absolute atomic E-state index is 13.3. The number of ether oxygens (including phenoxy) is 3. The third-order valence-electron chi connectivity index (χ3n) is 6.68. The highest BCUT2D eigenvalue weighted by molar-refractivity contribution is 6.31. The molecule has 8 nitrogen and oxygen atoms in total. The Morgan fingerprint density at radius 2 is 1.77 bits per heavy atom. The summed E-state index contributed by atoms with van der Waals surface area (Å²) in [6.07, 6.45) is -0.817. The largest absolute Gasteiger partial charge is 0.507 e. The minimum absolute atomic E-state index is 0.0357. The average molecular weight is 412 g/mol. The molecule has 3 N–H and O–H groups in total. The van der Waals surface area contributed by atoms with Crippen LogP contribution in [0, 0.1) is 0 Å². The number of ketones is 2. The molecule has 0 saturated carbocycles. The van der Waals surface area contributed by atoms with Crippen LogP contribution in [0.1, 0.15) is 62.4 Å². The van der Waals surface area contributed by atoms with E-state index in [0.29, 0.717) is 0 Å². The van der Waals surface area contributed by atoms with Crippen molar-refractivity contribution in [2.45, 2.75) is 37.3 Å². The molecule has 0 unspecified atom stereocenters. The molecule has 2 bridgehead atoms. The van der Waals surface area contributed by atoms with Gasteiger partial charge >= 0.3 is 0 Å². The number of hydrogen-bond acceptors (Lipinski definition) is 8. The number of aromatic hydroxyl groups is 2. The van der Waals surface area contributed by atoms with Crippen LogP contribution in [0.2, 0.25) is 0 Å². The van der Waals surface area contributed by atoms with Crippen molar-refractivity contribution in [3.8, 4) is 17.2 Å². The van der Waals surface area contributed by atoms with Gasteiger partial charge in [0.05, 0.1) is 29.9 Å². The second-order valence-electron chi connectivity index (χ2n) is 8.05. The summed E-state index contributed by atoms with van der Waals surface area (Å²) in [4.78, 5) is 26.6. The van der Waals surface area contributed by atoms with Crippen molar-refractivity contribution in [1.29, 1.82) is 0 Å². The van der Waals surface area contributed by atoms with Crippen molar-refractivity contribution in [3.63, 3.8) is 0 Å². The quantitative estimate of drug-likeness (QED) is 0.546. The summed E-state index contributed by atoms with van der Waals surface area (Å²) in [7, 11) is 2.77. The highest BCUT2D eigenvalue weighted by Gasteiger charge is 2.62. The first-order valence-electron chi connectivity index (χ1n) is 9.50. The summed E-state index contributed by atoms with van der Waals surface area (Å²) in [6, 6.07) is 4.60. The van der Waals surface area contributed by atoms with E-state index < -0.39 is 40.6 Å². The third kappa shape index (κ3) is 2.05. The summed E-state index contributed by atoms with van der Waals surface area (Å²) >= 11 is 0. The number of fused-ring (bicyclic) bond motifs is 6. The fraction of sp³-hybridized carbons (Fsp3) is 0.364. The maximum Gasteiger partial charge on any atom is 0.202 e. The molecule has 0 amide bonds. The van der Waals surface area contributed by atoms with E-state index in [4.69, 9.17) is 14.2 Å². The Labute approximate surface area is 171 Å². The van der Waals surface area contributed by atoms with E-state index >= 15 is 0 Å². The van der Waals surface area contributed by atoms with Gasteiger partial charge in [0, 0.05) is 36.6 Å². The Morgan fingerprint density at radius 3 is 2.43 bits per heavy atom. The van der Waals surface area contributed by atoms with Crippen LogP contribution in [0.25, 0.3) is 0 Å². The molecule has 5 rings (SSSR count). The monoisotopic (exact) mass is 412 g/mol. The number of benzene rings is 2. The molecule has 3 atom stereocenters. The van der Waals surface area contributed by atoms with Crippen LogP contribution >= 0.6 is 0 Å². The molecule has 8 heteroatoms. The number of aliphatic hydroxyl groups is 1. The van der Waals surface area contributed by atoms with E-state index in [2.05, 4.69) is 0 Å². The Hall–Kier alpha value is -2.94. The van der Waals surface area contributed by atoms with Gasteiger partial charge in [0.1, 0.15) is 22.8 Å². The van der Waals surface area contributed by atoms with E-state index in [9.17, 15) is 24.9 Å². The zero-order chi connectivity index (χ0) is 21.6. The highest BCUT2D eigenvalue weighted by Crippen LogP contribution is 2.58. The molecular weight excluding hydrogens is 392 g/mol. The number of methoxy groups -OCH3 is 2. The van der Waals surface area contributed by atoms with Crippen LogP contribution in [0.3, 0.4) is 0 Å². The Balaban J connectivity index is 1.79. The van der Waals surface area contributed by atoms with Crippen molar-refractivity contribution >= 4 is 11.6 Å².